The first kappa shape index (κ1) is 20.0. The number of nitrogens with zero attached hydrogens (tertiary/aromatic N) is 1. The summed E-state index contributed by atoms with van der Waals surface area (Å²) >= 11 is 0. The van der Waals surface area contributed by atoms with Crippen molar-refractivity contribution in [3.8, 4) is 39.3 Å². The summed E-state index contributed by atoms with van der Waals surface area (Å²) in [6.07, 6.45) is 0. The average molecular weight is 484 g/mol. The van der Waals surface area contributed by atoms with Gasteiger partial charge in [-0.05, 0) is 64.5 Å². The van der Waals surface area contributed by atoms with Gasteiger partial charge in [0.25, 0.3) is 0 Å². The molecule has 0 radical (unpaired) electrons. The summed E-state index contributed by atoms with van der Waals surface area (Å²) in [5.41, 5.74) is 10.6. The van der Waals surface area contributed by atoms with Crippen LogP contribution in [0.15, 0.2) is 132 Å². The maximum absolute atomic E-state index is 6.56. The summed E-state index contributed by atoms with van der Waals surface area (Å²) in [6, 6.07) is 45.8. The van der Waals surface area contributed by atoms with Gasteiger partial charge in [0.15, 0.2) is 0 Å². The van der Waals surface area contributed by atoms with Gasteiger partial charge in [-0.2, -0.15) is 0 Å². The first-order valence-electron chi connectivity index (χ1n) is 13.0. The van der Waals surface area contributed by atoms with Crippen molar-refractivity contribution in [3.05, 3.63) is 127 Å². The van der Waals surface area contributed by atoms with Crippen molar-refractivity contribution in [2.75, 3.05) is 0 Å². The highest BCUT2D eigenvalue weighted by atomic mass is 16.3. The topological polar surface area (TPSA) is 18.1 Å². The molecule has 176 valence electrons. The van der Waals surface area contributed by atoms with Gasteiger partial charge in [-0.3, -0.25) is 0 Å². The molecule has 0 aliphatic heterocycles. The molecule has 2 aromatic heterocycles. The zero-order chi connectivity index (χ0) is 24.8. The highest BCUT2D eigenvalue weighted by molar-refractivity contribution is 6.20. The van der Waals surface area contributed by atoms with Crippen molar-refractivity contribution < 1.29 is 4.42 Å². The molecule has 9 rings (SSSR count). The van der Waals surface area contributed by atoms with E-state index in [2.05, 4.69) is 132 Å². The van der Waals surface area contributed by atoms with Gasteiger partial charge in [-0.25, -0.2) is 0 Å². The fraction of sp³-hybridized carbons (Fsp3) is 0. The van der Waals surface area contributed by atoms with Gasteiger partial charge in [-0.1, -0.05) is 84.9 Å². The van der Waals surface area contributed by atoms with E-state index in [0.717, 1.165) is 16.9 Å². The molecule has 38 heavy (non-hydrogen) atoms. The third-order valence-electron chi connectivity index (χ3n) is 8.13. The molecule has 2 heteroatoms. The Labute approximate surface area is 219 Å². The van der Waals surface area contributed by atoms with E-state index in [1.54, 1.807) is 0 Å². The van der Waals surface area contributed by atoms with Crippen molar-refractivity contribution in [1.82, 2.24) is 4.57 Å². The largest absolute Gasteiger partial charge is 0.455 e. The first-order valence-corrected chi connectivity index (χ1v) is 13.0. The summed E-state index contributed by atoms with van der Waals surface area (Å²) < 4.78 is 8.91. The maximum Gasteiger partial charge on any atom is 0.143 e. The molecule has 0 fully saturated rings. The Balaban J connectivity index is 1.24. The average Bonchev–Trinajstić information content (AvgIpc) is 3.62. The summed E-state index contributed by atoms with van der Waals surface area (Å²) in [7, 11) is 0. The molecule has 0 atom stereocenters. The van der Waals surface area contributed by atoms with Gasteiger partial charge in [-0.15, -0.1) is 0 Å². The normalized spacial score (nSPS) is 12.2. The van der Waals surface area contributed by atoms with Gasteiger partial charge in [0.05, 0.1) is 11.0 Å². The molecule has 0 saturated heterocycles. The number of furan rings is 1. The van der Waals surface area contributed by atoms with E-state index in [0.29, 0.717) is 0 Å². The number of para-hydroxylation sites is 2. The molecule has 0 N–H and O–H groups in total. The molecule has 0 amide bonds. The van der Waals surface area contributed by atoms with E-state index in [4.69, 9.17) is 4.42 Å². The molecular formula is C36H21NO. The Bertz CT molecular complexity index is 2220. The maximum atomic E-state index is 6.56. The van der Waals surface area contributed by atoms with E-state index in [1.165, 1.54) is 65.9 Å². The van der Waals surface area contributed by atoms with E-state index >= 15 is 0 Å². The lowest BCUT2D eigenvalue weighted by Crippen LogP contribution is -1.92. The van der Waals surface area contributed by atoms with Crippen LogP contribution in [0, 0.1) is 0 Å². The zero-order valence-electron chi connectivity index (χ0n) is 20.5. The van der Waals surface area contributed by atoms with Gasteiger partial charge in [0.2, 0.25) is 0 Å². The summed E-state index contributed by atoms with van der Waals surface area (Å²) in [4.78, 5) is 0. The van der Waals surface area contributed by atoms with Gasteiger partial charge < -0.3 is 8.98 Å². The Hall–Kier alpha value is -5.08. The van der Waals surface area contributed by atoms with Crippen LogP contribution < -0.4 is 0 Å². The predicted octanol–water partition coefficient (Wildman–Crippen LogP) is 10.00. The van der Waals surface area contributed by atoms with Crippen LogP contribution in [-0.2, 0) is 0 Å². The predicted molar refractivity (Wildman–Crippen MR) is 158 cm³/mol. The van der Waals surface area contributed by atoms with Crippen LogP contribution in [0.1, 0.15) is 0 Å². The minimum absolute atomic E-state index is 0.936. The van der Waals surface area contributed by atoms with Crippen molar-refractivity contribution >= 4 is 43.5 Å². The van der Waals surface area contributed by atoms with Crippen LogP contribution in [0.2, 0.25) is 0 Å². The fourth-order valence-corrected chi connectivity index (χ4v) is 6.48. The van der Waals surface area contributed by atoms with E-state index in [9.17, 15) is 0 Å². The third kappa shape index (κ3) is 2.56. The molecule has 0 bridgehead atoms. The van der Waals surface area contributed by atoms with Crippen LogP contribution in [0.4, 0.5) is 0 Å². The Kier molecular flexibility index (Phi) is 3.82. The quantitative estimate of drug-likeness (QED) is 0.239. The Morgan fingerprint density at radius 2 is 1.24 bits per heavy atom. The molecular weight excluding hydrogens is 462 g/mol. The minimum atomic E-state index is 0.936. The molecule has 8 aromatic rings. The molecule has 2 nitrogen and oxygen atoms in total. The van der Waals surface area contributed by atoms with Gasteiger partial charge in [0, 0.05) is 38.4 Å². The second-order valence-corrected chi connectivity index (χ2v) is 10.1. The van der Waals surface area contributed by atoms with Gasteiger partial charge in [0.1, 0.15) is 11.3 Å². The van der Waals surface area contributed by atoms with Crippen LogP contribution in [0.3, 0.4) is 0 Å². The Morgan fingerprint density at radius 3 is 2.13 bits per heavy atom. The molecule has 0 spiro atoms. The summed E-state index contributed by atoms with van der Waals surface area (Å²) in [6.45, 7) is 0. The van der Waals surface area contributed by atoms with Crippen LogP contribution in [0.25, 0.3) is 82.8 Å². The number of aromatic nitrogens is 1. The van der Waals surface area contributed by atoms with Gasteiger partial charge >= 0.3 is 0 Å². The van der Waals surface area contributed by atoms with Crippen molar-refractivity contribution in [2.24, 2.45) is 0 Å². The van der Waals surface area contributed by atoms with Crippen molar-refractivity contribution in [3.63, 3.8) is 0 Å². The number of hydrogen-bond donors (Lipinski definition) is 0. The number of hydrogen-bond acceptors (Lipinski definition) is 1. The SMILES string of the molecule is c1ccc(-n2c3ccccc3c3cc(-c4ccc5c6c(oc5c4)-c4cccc5cccc-6c45)ccc32)cc1. The molecule has 0 saturated carbocycles. The second kappa shape index (κ2) is 7.24. The standard InChI is InChI=1S/C36H21NO/c1-2-10-25(11-3-1)37-31-15-5-4-12-26(31)30-20-23(17-19-32(30)37)24-16-18-27-33(21-24)38-36-29-14-7-9-22-8-6-13-28(34(22)29)35(27)36/h1-21H. The minimum Gasteiger partial charge on any atom is -0.455 e. The molecule has 2 heterocycles. The van der Waals surface area contributed by atoms with Crippen LogP contribution >= 0.6 is 0 Å². The summed E-state index contributed by atoms with van der Waals surface area (Å²) in [5, 5.41) is 6.25. The smallest absolute Gasteiger partial charge is 0.143 e. The summed E-state index contributed by atoms with van der Waals surface area (Å²) in [5.74, 6) is 0.991. The van der Waals surface area contributed by atoms with Crippen molar-refractivity contribution in [1.29, 1.82) is 0 Å². The fourth-order valence-electron chi connectivity index (χ4n) is 6.48. The van der Waals surface area contributed by atoms with E-state index < -0.39 is 0 Å². The number of benzene rings is 6. The van der Waals surface area contributed by atoms with E-state index in [-0.39, 0.29) is 0 Å². The number of rotatable bonds is 2. The number of fused-ring (bicyclic) bond motifs is 8. The Morgan fingerprint density at radius 1 is 0.500 bits per heavy atom. The molecule has 6 aromatic carbocycles. The highest BCUT2D eigenvalue weighted by Crippen LogP contribution is 2.52. The second-order valence-electron chi connectivity index (χ2n) is 10.1. The van der Waals surface area contributed by atoms with Crippen LogP contribution in [-0.4, -0.2) is 4.57 Å². The first-order chi connectivity index (χ1) is 18.8. The third-order valence-corrected chi connectivity index (χ3v) is 8.13. The highest BCUT2D eigenvalue weighted by Gasteiger charge is 2.27. The van der Waals surface area contributed by atoms with Crippen molar-refractivity contribution in [2.45, 2.75) is 0 Å². The lowest BCUT2D eigenvalue weighted by Gasteiger charge is -2.08. The van der Waals surface area contributed by atoms with E-state index in [1.807, 2.05) is 0 Å². The monoisotopic (exact) mass is 483 g/mol. The molecule has 1 aliphatic carbocycles. The van der Waals surface area contributed by atoms with Crippen LogP contribution in [0.5, 0.6) is 0 Å². The lowest BCUT2D eigenvalue weighted by atomic mass is 9.99. The molecule has 1 aliphatic rings. The lowest BCUT2D eigenvalue weighted by molar-refractivity contribution is 0.634. The molecule has 0 unspecified atom stereocenters. The zero-order valence-corrected chi connectivity index (χ0v) is 20.5.